The molecule has 0 aliphatic carbocycles. The van der Waals surface area contributed by atoms with Gasteiger partial charge < -0.3 is 25.0 Å². The SMILES string of the molecule is C[NH+](C)Cc1cn([C@H]2CO[C@H]3[C@@H]2OC[C@@H]3NC(=O)NCc2ccccc2)nn1. The molecule has 2 aliphatic rings. The van der Waals surface area contributed by atoms with Crippen LogP contribution in [0.4, 0.5) is 4.79 Å². The first kappa shape index (κ1) is 18.9. The summed E-state index contributed by atoms with van der Waals surface area (Å²) in [6, 6.07) is 9.38. The molecular formula is C19H27N6O3+. The molecule has 0 unspecified atom stereocenters. The first-order valence-corrected chi connectivity index (χ1v) is 9.61. The van der Waals surface area contributed by atoms with E-state index in [0.717, 1.165) is 17.8 Å². The molecule has 9 heteroatoms. The number of amides is 2. The maximum Gasteiger partial charge on any atom is 0.315 e. The highest BCUT2D eigenvalue weighted by atomic mass is 16.6. The van der Waals surface area contributed by atoms with Crippen molar-refractivity contribution in [2.24, 2.45) is 0 Å². The maximum atomic E-state index is 12.3. The van der Waals surface area contributed by atoms with Crippen LogP contribution in [0.15, 0.2) is 36.5 Å². The zero-order valence-electron chi connectivity index (χ0n) is 16.2. The Hall–Kier alpha value is -2.49. The van der Waals surface area contributed by atoms with Crippen molar-refractivity contribution in [1.82, 2.24) is 25.6 Å². The van der Waals surface area contributed by atoms with Crippen LogP contribution in [0.1, 0.15) is 17.3 Å². The number of aromatic nitrogens is 3. The van der Waals surface area contributed by atoms with E-state index in [4.69, 9.17) is 9.47 Å². The third kappa shape index (κ3) is 4.16. The van der Waals surface area contributed by atoms with Gasteiger partial charge in [-0.05, 0) is 5.56 Å². The zero-order valence-corrected chi connectivity index (χ0v) is 16.2. The first-order valence-electron chi connectivity index (χ1n) is 9.61. The molecule has 2 saturated heterocycles. The van der Waals surface area contributed by atoms with Gasteiger partial charge in [0, 0.05) is 6.54 Å². The number of carbonyl (C=O) groups is 1. The molecular weight excluding hydrogens is 360 g/mol. The van der Waals surface area contributed by atoms with Crippen molar-refractivity contribution in [1.29, 1.82) is 0 Å². The smallest absolute Gasteiger partial charge is 0.315 e. The molecule has 3 N–H and O–H groups in total. The standard InChI is InChI=1S/C19H26N6O3/c1-24(2)9-14-10-25(23-22-14)16-12-28-17-15(11-27-18(16)17)21-19(26)20-8-13-6-4-3-5-7-13/h3-7,10,15-18H,8-9,11-12H2,1-2H3,(H2,20,21,26)/p+1/t15-,16-,17+,18+/m0/s1. The Morgan fingerprint density at radius 1 is 1.21 bits per heavy atom. The second kappa shape index (κ2) is 8.26. The van der Waals surface area contributed by atoms with Crippen LogP contribution in [0.2, 0.25) is 0 Å². The Balaban J connectivity index is 1.31. The third-order valence-electron chi connectivity index (χ3n) is 5.07. The van der Waals surface area contributed by atoms with Crippen molar-refractivity contribution in [2.45, 2.75) is 37.4 Å². The van der Waals surface area contributed by atoms with Crippen LogP contribution in [0, 0.1) is 0 Å². The number of urea groups is 1. The average molecular weight is 387 g/mol. The summed E-state index contributed by atoms with van der Waals surface area (Å²) in [5.41, 5.74) is 1.99. The van der Waals surface area contributed by atoms with Gasteiger partial charge in [0.15, 0.2) is 0 Å². The van der Waals surface area contributed by atoms with Gasteiger partial charge in [0.1, 0.15) is 30.5 Å². The summed E-state index contributed by atoms with van der Waals surface area (Å²) < 4.78 is 13.7. The molecule has 0 radical (unpaired) electrons. The molecule has 1 aromatic heterocycles. The highest BCUT2D eigenvalue weighted by molar-refractivity contribution is 5.74. The Morgan fingerprint density at radius 2 is 2.00 bits per heavy atom. The summed E-state index contributed by atoms with van der Waals surface area (Å²) in [5, 5.41) is 14.3. The molecule has 2 aromatic rings. The Kier molecular flexibility index (Phi) is 5.56. The van der Waals surface area contributed by atoms with E-state index in [-0.39, 0.29) is 30.3 Å². The molecule has 2 fully saturated rings. The predicted molar refractivity (Wildman–Crippen MR) is 101 cm³/mol. The number of carbonyl (C=O) groups excluding carboxylic acids is 1. The van der Waals surface area contributed by atoms with Crippen LogP contribution >= 0.6 is 0 Å². The van der Waals surface area contributed by atoms with Crippen molar-refractivity contribution >= 4 is 6.03 Å². The highest BCUT2D eigenvalue weighted by Crippen LogP contribution is 2.33. The number of fused-ring (bicyclic) bond motifs is 1. The molecule has 1 aromatic carbocycles. The summed E-state index contributed by atoms with van der Waals surface area (Å²) in [6.45, 7) is 2.21. The van der Waals surface area contributed by atoms with Gasteiger partial charge in [-0.25, -0.2) is 9.48 Å². The van der Waals surface area contributed by atoms with Crippen molar-refractivity contribution in [3.8, 4) is 0 Å². The highest BCUT2D eigenvalue weighted by Gasteiger charge is 2.49. The number of nitrogens with one attached hydrogen (secondary N) is 3. The Bertz CT molecular complexity index is 796. The number of quaternary nitrogens is 1. The van der Waals surface area contributed by atoms with E-state index in [1.54, 1.807) is 0 Å². The molecule has 150 valence electrons. The van der Waals surface area contributed by atoms with E-state index in [0.29, 0.717) is 19.8 Å². The van der Waals surface area contributed by atoms with Crippen LogP contribution in [0.5, 0.6) is 0 Å². The number of ether oxygens (including phenoxy) is 2. The van der Waals surface area contributed by atoms with Crippen LogP contribution in [-0.4, -0.2) is 66.6 Å². The van der Waals surface area contributed by atoms with Gasteiger partial charge in [0.2, 0.25) is 0 Å². The second-order valence-corrected chi connectivity index (χ2v) is 7.66. The van der Waals surface area contributed by atoms with Crippen molar-refractivity contribution in [3.05, 3.63) is 47.8 Å². The number of hydrogen-bond acceptors (Lipinski definition) is 5. The lowest BCUT2D eigenvalue weighted by molar-refractivity contribution is -0.873. The summed E-state index contributed by atoms with van der Waals surface area (Å²) in [7, 11) is 4.15. The van der Waals surface area contributed by atoms with Crippen molar-refractivity contribution in [2.75, 3.05) is 27.3 Å². The minimum Gasteiger partial charge on any atom is -0.371 e. The van der Waals surface area contributed by atoms with Crippen LogP contribution in [0.3, 0.4) is 0 Å². The molecule has 28 heavy (non-hydrogen) atoms. The molecule has 4 rings (SSSR count). The van der Waals surface area contributed by atoms with Crippen molar-refractivity contribution in [3.63, 3.8) is 0 Å². The number of rotatable bonds is 6. The first-order chi connectivity index (χ1) is 13.6. The lowest BCUT2D eigenvalue weighted by atomic mass is 10.1. The fraction of sp³-hybridized carbons (Fsp3) is 0.526. The van der Waals surface area contributed by atoms with Gasteiger partial charge >= 0.3 is 6.03 Å². The van der Waals surface area contributed by atoms with E-state index in [9.17, 15) is 4.79 Å². The summed E-state index contributed by atoms with van der Waals surface area (Å²) in [5.74, 6) is 0. The third-order valence-corrected chi connectivity index (χ3v) is 5.07. The summed E-state index contributed by atoms with van der Waals surface area (Å²) >= 11 is 0. The van der Waals surface area contributed by atoms with Gasteiger partial charge in [0.05, 0.1) is 39.5 Å². The molecule has 0 bridgehead atoms. The van der Waals surface area contributed by atoms with E-state index in [2.05, 4.69) is 35.0 Å². The topological polar surface area (TPSA) is 94.7 Å². The Morgan fingerprint density at radius 3 is 2.79 bits per heavy atom. The van der Waals surface area contributed by atoms with Crippen LogP contribution in [0.25, 0.3) is 0 Å². The van der Waals surface area contributed by atoms with E-state index >= 15 is 0 Å². The molecule has 4 atom stereocenters. The Labute approximate surface area is 164 Å². The second-order valence-electron chi connectivity index (χ2n) is 7.66. The minimum absolute atomic E-state index is 0.0254. The van der Waals surface area contributed by atoms with Gasteiger partial charge in [-0.2, -0.15) is 0 Å². The maximum absolute atomic E-state index is 12.3. The molecule has 2 amide bonds. The summed E-state index contributed by atoms with van der Waals surface area (Å²) in [6.07, 6.45) is 1.64. The van der Waals surface area contributed by atoms with Gasteiger partial charge in [0.25, 0.3) is 0 Å². The van der Waals surface area contributed by atoms with E-state index in [1.807, 2.05) is 41.2 Å². The number of benzene rings is 1. The monoisotopic (exact) mass is 387 g/mol. The molecule has 0 saturated carbocycles. The molecule has 9 nitrogen and oxygen atoms in total. The van der Waals surface area contributed by atoms with Crippen LogP contribution in [-0.2, 0) is 22.6 Å². The fourth-order valence-corrected chi connectivity index (χ4v) is 3.75. The lowest BCUT2D eigenvalue weighted by Crippen LogP contribution is -3.04. The van der Waals surface area contributed by atoms with Gasteiger partial charge in [-0.1, -0.05) is 35.5 Å². The molecule has 3 heterocycles. The predicted octanol–water partition coefficient (Wildman–Crippen LogP) is -0.871. The largest absolute Gasteiger partial charge is 0.371 e. The fourth-order valence-electron chi connectivity index (χ4n) is 3.75. The van der Waals surface area contributed by atoms with E-state index < -0.39 is 0 Å². The average Bonchev–Trinajstić information content (AvgIpc) is 3.38. The zero-order chi connectivity index (χ0) is 19.5. The molecule has 2 aliphatic heterocycles. The van der Waals surface area contributed by atoms with Gasteiger partial charge in [-0.15, -0.1) is 5.10 Å². The van der Waals surface area contributed by atoms with Crippen molar-refractivity contribution < 1.29 is 19.2 Å². The minimum atomic E-state index is -0.220. The molecule has 0 spiro atoms. The van der Waals surface area contributed by atoms with Crippen LogP contribution < -0.4 is 15.5 Å². The normalized spacial score (nSPS) is 26.4. The lowest BCUT2D eigenvalue weighted by Gasteiger charge is -2.18. The number of hydrogen-bond donors (Lipinski definition) is 3. The van der Waals surface area contributed by atoms with Gasteiger partial charge in [-0.3, -0.25) is 0 Å². The summed E-state index contributed by atoms with van der Waals surface area (Å²) in [4.78, 5) is 13.5. The van der Waals surface area contributed by atoms with E-state index in [1.165, 1.54) is 4.90 Å². The quantitative estimate of drug-likeness (QED) is 0.599. The number of nitrogens with zero attached hydrogens (tertiary/aromatic N) is 3.